The van der Waals surface area contributed by atoms with E-state index >= 15 is 0 Å². The average Bonchev–Trinajstić information content (AvgIpc) is 3.53. The van der Waals surface area contributed by atoms with Crippen molar-refractivity contribution >= 4 is 34.7 Å². The maximum absolute atomic E-state index is 6.30. The van der Waals surface area contributed by atoms with Crippen LogP contribution in [-0.4, -0.2) is 19.9 Å². The lowest BCUT2D eigenvalue weighted by Crippen LogP contribution is -2.06. The van der Waals surface area contributed by atoms with Crippen molar-refractivity contribution < 1.29 is 0 Å². The zero-order valence-corrected chi connectivity index (χ0v) is 27.7. The molecule has 0 fully saturated rings. The highest BCUT2D eigenvalue weighted by molar-refractivity contribution is 6.28. The Morgan fingerprint density at radius 1 is 0.551 bits per heavy atom. The number of nitrogens with zero attached hydrogens (tertiary/aromatic N) is 3. The average molecular weight is 653 g/mol. The van der Waals surface area contributed by atoms with Crippen LogP contribution in [0.25, 0.3) is 57.0 Å². The number of allylic oxidation sites excluding steroid dienone is 2. The molecule has 236 valence electrons. The standard InChI is InChI=1S/C44H33ClN4/c45-44-48-42(32-8-2-1-3-9-32)47-43(49-44)33-18-15-30(16-19-33)34-10-6-7-28(24-34)23-29-13-14-31-17-20-35(26-37(31)25-29)36-21-22-39-38-11-4-5-12-40(38)46-41(39)27-36/h1-16,18-19,24-27,46H,17,20-23H2. The second-order valence-electron chi connectivity index (χ2n) is 13.0. The summed E-state index contributed by atoms with van der Waals surface area (Å²) in [6.45, 7) is 0. The summed E-state index contributed by atoms with van der Waals surface area (Å²) in [6, 6.07) is 42.7. The van der Waals surface area contributed by atoms with Crippen molar-refractivity contribution in [1.29, 1.82) is 0 Å². The summed E-state index contributed by atoms with van der Waals surface area (Å²) in [5.74, 6) is 1.13. The van der Waals surface area contributed by atoms with Gasteiger partial charge in [0, 0.05) is 27.7 Å². The van der Waals surface area contributed by atoms with E-state index in [-0.39, 0.29) is 5.28 Å². The first-order chi connectivity index (χ1) is 24.1. The van der Waals surface area contributed by atoms with E-state index in [0.717, 1.165) is 48.8 Å². The van der Waals surface area contributed by atoms with Crippen LogP contribution in [0.4, 0.5) is 0 Å². The molecule has 2 aromatic heterocycles. The summed E-state index contributed by atoms with van der Waals surface area (Å²) in [6.07, 6.45) is 10.1. The molecule has 4 nitrogen and oxygen atoms in total. The van der Waals surface area contributed by atoms with E-state index in [1.807, 2.05) is 30.3 Å². The number of nitrogens with one attached hydrogen (secondary N) is 1. The topological polar surface area (TPSA) is 54.5 Å². The Bertz CT molecular complexity index is 2420. The number of aryl methyl sites for hydroxylation is 2. The number of H-pyrrole nitrogens is 1. The maximum atomic E-state index is 6.30. The molecule has 9 rings (SSSR count). The van der Waals surface area contributed by atoms with Gasteiger partial charge < -0.3 is 4.98 Å². The fourth-order valence-electron chi connectivity index (χ4n) is 7.38. The SMILES string of the molecule is Clc1nc(-c2ccccc2)nc(-c2ccc(-c3cccc(Cc4ccc5c(c4)C=C(C4=Cc6[nH]c7ccccc7c6CC4)CC5)c3)cc2)n1. The molecule has 0 bridgehead atoms. The van der Waals surface area contributed by atoms with Gasteiger partial charge in [-0.15, -0.1) is 0 Å². The van der Waals surface area contributed by atoms with Crippen LogP contribution in [0.5, 0.6) is 0 Å². The van der Waals surface area contributed by atoms with E-state index in [0.29, 0.717) is 11.6 Å². The van der Waals surface area contributed by atoms with Gasteiger partial charge in [-0.3, -0.25) is 0 Å². The van der Waals surface area contributed by atoms with Crippen LogP contribution in [0, 0.1) is 0 Å². The van der Waals surface area contributed by atoms with Gasteiger partial charge in [-0.25, -0.2) is 4.98 Å². The summed E-state index contributed by atoms with van der Waals surface area (Å²) in [5, 5.41) is 1.55. The Balaban J connectivity index is 0.940. The maximum Gasteiger partial charge on any atom is 0.226 e. The third-order valence-electron chi connectivity index (χ3n) is 9.88. The number of rotatable bonds is 6. The smallest absolute Gasteiger partial charge is 0.226 e. The van der Waals surface area contributed by atoms with Crippen molar-refractivity contribution in [3.8, 4) is 33.9 Å². The predicted molar refractivity (Wildman–Crippen MR) is 201 cm³/mol. The Hall–Kier alpha value is -5.58. The summed E-state index contributed by atoms with van der Waals surface area (Å²) in [5.41, 5.74) is 16.5. The molecular weight excluding hydrogens is 620 g/mol. The first-order valence-electron chi connectivity index (χ1n) is 16.9. The van der Waals surface area contributed by atoms with Crippen molar-refractivity contribution in [2.45, 2.75) is 32.1 Å². The molecule has 7 aromatic rings. The van der Waals surface area contributed by atoms with E-state index in [1.165, 1.54) is 61.1 Å². The number of para-hydroxylation sites is 1. The van der Waals surface area contributed by atoms with Gasteiger partial charge in [0.25, 0.3) is 0 Å². The van der Waals surface area contributed by atoms with Crippen LogP contribution in [0.3, 0.4) is 0 Å². The minimum Gasteiger partial charge on any atom is -0.355 e. The van der Waals surface area contributed by atoms with Crippen molar-refractivity contribution in [1.82, 2.24) is 19.9 Å². The first kappa shape index (κ1) is 29.6. The van der Waals surface area contributed by atoms with E-state index in [9.17, 15) is 0 Å². The number of fused-ring (bicyclic) bond motifs is 4. The minimum atomic E-state index is 0.185. The number of hydrogen-bond donors (Lipinski definition) is 1. The molecule has 0 amide bonds. The monoisotopic (exact) mass is 652 g/mol. The normalized spacial score (nSPS) is 13.8. The molecule has 2 aliphatic rings. The molecular formula is C44H33ClN4. The number of aromatic amines is 1. The van der Waals surface area contributed by atoms with Crippen LogP contribution < -0.4 is 0 Å². The number of aromatic nitrogens is 4. The molecule has 2 aliphatic carbocycles. The lowest BCUT2D eigenvalue weighted by molar-refractivity contribution is 0.874. The largest absolute Gasteiger partial charge is 0.355 e. The Labute approximate surface area is 290 Å². The van der Waals surface area contributed by atoms with Crippen LogP contribution in [-0.2, 0) is 19.3 Å². The van der Waals surface area contributed by atoms with E-state index < -0.39 is 0 Å². The molecule has 1 N–H and O–H groups in total. The Morgan fingerprint density at radius 3 is 2.10 bits per heavy atom. The molecule has 5 aromatic carbocycles. The number of halogens is 1. The molecule has 0 radical (unpaired) electrons. The van der Waals surface area contributed by atoms with Crippen molar-refractivity contribution in [2.24, 2.45) is 0 Å². The molecule has 49 heavy (non-hydrogen) atoms. The second kappa shape index (κ2) is 12.5. The first-order valence-corrected chi connectivity index (χ1v) is 17.3. The predicted octanol–water partition coefficient (Wildman–Crippen LogP) is 11.0. The molecule has 0 atom stereocenters. The van der Waals surface area contributed by atoms with Crippen LogP contribution >= 0.6 is 11.6 Å². The Morgan fingerprint density at radius 2 is 1.24 bits per heavy atom. The van der Waals surface area contributed by atoms with Gasteiger partial charge in [-0.2, -0.15) is 9.97 Å². The lowest BCUT2D eigenvalue weighted by Gasteiger charge is -2.22. The van der Waals surface area contributed by atoms with Crippen LogP contribution in [0.1, 0.15) is 46.4 Å². The zero-order valence-electron chi connectivity index (χ0n) is 27.0. The van der Waals surface area contributed by atoms with Crippen molar-refractivity contribution in [2.75, 3.05) is 0 Å². The second-order valence-corrected chi connectivity index (χ2v) is 13.3. The molecule has 0 spiro atoms. The van der Waals surface area contributed by atoms with E-state index in [4.69, 9.17) is 16.6 Å². The lowest BCUT2D eigenvalue weighted by atomic mass is 9.83. The minimum absolute atomic E-state index is 0.185. The highest BCUT2D eigenvalue weighted by Gasteiger charge is 2.20. The van der Waals surface area contributed by atoms with Gasteiger partial charge >= 0.3 is 0 Å². The van der Waals surface area contributed by atoms with Gasteiger partial charge in [0.1, 0.15) is 0 Å². The fourth-order valence-corrected chi connectivity index (χ4v) is 7.54. The molecule has 0 saturated heterocycles. The van der Waals surface area contributed by atoms with Gasteiger partial charge in [0.05, 0.1) is 0 Å². The van der Waals surface area contributed by atoms with Crippen molar-refractivity contribution in [3.63, 3.8) is 0 Å². The summed E-state index contributed by atoms with van der Waals surface area (Å²) in [7, 11) is 0. The Kier molecular flexibility index (Phi) is 7.52. The summed E-state index contributed by atoms with van der Waals surface area (Å²) < 4.78 is 0. The van der Waals surface area contributed by atoms with E-state index in [2.05, 4.69) is 118 Å². The van der Waals surface area contributed by atoms with Crippen LogP contribution in [0.15, 0.2) is 132 Å². The molecule has 0 aliphatic heterocycles. The van der Waals surface area contributed by atoms with Gasteiger partial charge in [0.2, 0.25) is 5.28 Å². The van der Waals surface area contributed by atoms with Gasteiger partial charge in [0.15, 0.2) is 11.6 Å². The highest BCUT2D eigenvalue weighted by Crippen LogP contribution is 2.37. The quantitative estimate of drug-likeness (QED) is 0.194. The fraction of sp³-hybridized carbons (Fsp3) is 0.114. The number of benzene rings is 5. The number of hydrogen-bond acceptors (Lipinski definition) is 3. The summed E-state index contributed by atoms with van der Waals surface area (Å²) in [4.78, 5) is 17.1. The van der Waals surface area contributed by atoms with Gasteiger partial charge in [-0.1, -0.05) is 121 Å². The van der Waals surface area contributed by atoms with E-state index in [1.54, 1.807) is 0 Å². The molecule has 0 saturated carbocycles. The zero-order chi connectivity index (χ0) is 32.7. The molecule has 2 heterocycles. The third kappa shape index (κ3) is 5.90. The van der Waals surface area contributed by atoms with Crippen LogP contribution in [0.2, 0.25) is 5.28 Å². The molecule has 0 unspecified atom stereocenters. The van der Waals surface area contributed by atoms with Gasteiger partial charge in [-0.05, 0) is 106 Å². The summed E-state index contributed by atoms with van der Waals surface area (Å²) >= 11 is 6.30. The third-order valence-corrected chi connectivity index (χ3v) is 10.0. The highest BCUT2D eigenvalue weighted by atomic mass is 35.5. The molecule has 5 heteroatoms. The van der Waals surface area contributed by atoms with Crippen molar-refractivity contribution in [3.05, 3.63) is 171 Å².